The molecule has 1 aliphatic rings. The fraction of sp³-hybridized carbons (Fsp3) is 0.149. The highest BCUT2D eigenvalue weighted by Crippen LogP contribution is 2.53. The second-order valence-corrected chi connectivity index (χ2v) is 14.4. The Morgan fingerprint density at radius 3 is 1.65 bits per heavy atom. The van der Waals surface area contributed by atoms with Crippen LogP contribution in [0.4, 0.5) is 42.9 Å². The van der Waals surface area contributed by atoms with E-state index >= 15 is 0 Å². The predicted molar refractivity (Wildman–Crippen MR) is 210 cm³/mol. The van der Waals surface area contributed by atoms with E-state index in [2.05, 4.69) is 85.2 Å². The number of hydrogen-bond acceptors (Lipinski definition) is 2. The highest BCUT2D eigenvalue weighted by molar-refractivity contribution is 6.30. The van der Waals surface area contributed by atoms with Crippen molar-refractivity contribution < 1.29 is 8.78 Å². The molecule has 0 bridgehead atoms. The second kappa shape index (κ2) is 11.9. The van der Waals surface area contributed by atoms with Crippen molar-refractivity contribution in [3.63, 3.8) is 0 Å². The van der Waals surface area contributed by atoms with Gasteiger partial charge in [0.25, 0.3) is 0 Å². The van der Waals surface area contributed by atoms with Gasteiger partial charge in [0.15, 0.2) is 0 Å². The van der Waals surface area contributed by atoms with Crippen LogP contribution in [0.3, 0.4) is 0 Å². The van der Waals surface area contributed by atoms with Gasteiger partial charge in [-0.15, -0.1) is 0 Å². The molecular weight excluding hydrogens is 631 g/mol. The first-order valence-electron chi connectivity index (χ1n) is 17.8. The molecule has 8 aromatic carbocycles. The number of rotatable bonds is 7. The summed E-state index contributed by atoms with van der Waals surface area (Å²) in [4.78, 5) is 4.41. The number of nitrogens with zero attached hydrogens (tertiary/aromatic N) is 2. The zero-order chi connectivity index (χ0) is 34.9. The summed E-state index contributed by atoms with van der Waals surface area (Å²) < 4.78 is 29.9. The lowest BCUT2D eigenvalue weighted by Crippen LogP contribution is -2.24. The Labute approximate surface area is 297 Å². The Bertz CT molecular complexity index is 2580. The van der Waals surface area contributed by atoms with Crippen molar-refractivity contribution in [3.05, 3.63) is 168 Å². The van der Waals surface area contributed by atoms with Gasteiger partial charge in [-0.05, 0) is 136 Å². The fourth-order valence-electron chi connectivity index (χ4n) is 8.43. The van der Waals surface area contributed by atoms with E-state index in [-0.39, 0.29) is 17.0 Å². The lowest BCUT2D eigenvalue weighted by atomic mass is 9.70. The van der Waals surface area contributed by atoms with E-state index in [0.29, 0.717) is 0 Å². The molecule has 0 aromatic heterocycles. The molecule has 0 aliphatic heterocycles. The van der Waals surface area contributed by atoms with Gasteiger partial charge in [-0.1, -0.05) is 81.4 Å². The maximum atomic E-state index is 15.0. The van der Waals surface area contributed by atoms with Gasteiger partial charge >= 0.3 is 0 Å². The van der Waals surface area contributed by atoms with Crippen molar-refractivity contribution in [1.29, 1.82) is 0 Å². The summed E-state index contributed by atoms with van der Waals surface area (Å²) in [5, 5.41) is 7.26. The number of aryl methyl sites for hydroxylation is 2. The van der Waals surface area contributed by atoms with Gasteiger partial charge in [0.2, 0.25) is 0 Å². The van der Waals surface area contributed by atoms with E-state index in [0.717, 1.165) is 64.2 Å². The van der Waals surface area contributed by atoms with Crippen LogP contribution in [0, 0.1) is 11.6 Å². The zero-order valence-electron chi connectivity index (χ0n) is 29.1. The minimum absolute atomic E-state index is 0.0693. The molecule has 51 heavy (non-hydrogen) atoms. The monoisotopic (exact) mass is 668 g/mol. The first-order chi connectivity index (χ1) is 24.8. The van der Waals surface area contributed by atoms with Crippen LogP contribution < -0.4 is 9.80 Å². The normalized spacial score (nSPS) is 13.7. The average molecular weight is 669 g/mol. The van der Waals surface area contributed by atoms with E-state index in [1.165, 1.54) is 50.4 Å². The summed E-state index contributed by atoms with van der Waals surface area (Å²) in [5.74, 6) is -0.544. The molecule has 0 unspecified atom stereocenters. The summed E-state index contributed by atoms with van der Waals surface area (Å²) in [6.07, 6.45) is 2.78. The van der Waals surface area contributed by atoms with Crippen LogP contribution in [-0.2, 0) is 18.3 Å². The molecule has 0 N–H and O–H groups in total. The minimum atomic E-state index is -0.272. The van der Waals surface area contributed by atoms with Gasteiger partial charge in [0.05, 0.1) is 11.4 Å². The fourth-order valence-corrected chi connectivity index (χ4v) is 8.43. The summed E-state index contributed by atoms with van der Waals surface area (Å²) in [7, 11) is 0. The molecule has 250 valence electrons. The third-order valence-electron chi connectivity index (χ3n) is 10.9. The number of benzene rings is 8. The number of anilines is 6. The predicted octanol–water partition coefficient (Wildman–Crippen LogP) is 13.6. The molecule has 0 amide bonds. The molecular formula is C47H38F2N2. The molecule has 9 rings (SSSR count). The number of hydrogen-bond donors (Lipinski definition) is 0. The molecule has 0 spiro atoms. The Balaban J connectivity index is 1.45. The van der Waals surface area contributed by atoms with Gasteiger partial charge in [-0.3, -0.25) is 0 Å². The Morgan fingerprint density at radius 1 is 0.529 bits per heavy atom. The largest absolute Gasteiger partial charge is 0.310 e. The molecule has 8 aromatic rings. The lowest BCUT2D eigenvalue weighted by molar-refractivity contribution is 0.475. The van der Waals surface area contributed by atoms with E-state index < -0.39 is 0 Å². The SMILES string of the molecule is CCc1cc(N(c2ccccc2)c2cccc(F)c2)c2cc3c4c(cc(N(c5ccccc5)c5cccc(F)c5)c5ccc1c2c54)CCC3(C)C. The molecule has 0 radical (unpaired) electrons. The Morgan fingerprint density at radius 2 is 1.08 bits per heavy atom. The summed E-state index contributed by atoms with van der Waals surface area (Å²) >= 11 is 0. The second-order valence-electron chi connectivity index (χ2n) is 14.4. The smallest absolute Gasteiger partial charge is 0.125 e. The summed E-state index contributed by atoms with van der Waals surface area (Å²) in [5.41, 5.74) is 9.35. The number of para-hydroxylation sites is 2. The minimum Gasteiger partial charge on any atom is -0.310 e. The first-order valence-corrected chi connectivity index (χ1v) is 17.8. The van der Waals surface area contributed by atoms with Gasteiger partial charge in [-0.25, -0.2) is 8.78 Å². The van der Waals surface area contributed by atoms with Crippen LogP contribution in [0.1, 0.15) is 43.9 Å². The van der Waals surface area contributed by atoms with Crippen LogP contribution >= 0.6 is 0 Å². The third kappa shape index (κ3) is 5.04. The molecule has 0 saturated carbocycles. The first kappa shape index (κ1) is 31.3. The van der Waals surface area contributed by atoms with Crippen molar-refractivity contribution in [2.75, 3.05) is 9.80 Å². The molecule has 2 nitrogen and oxygen atoms in total. The molecule has 0 fully saturated rings. The van der Waals surface area contributed by atoms with Crippen molar-refractivity contribution in [3.8, 4) is 0 Å². The highest BCUT2D eigenvalue weighted by atomic mass is 19.1. The van der Waals surface area contributed by atoms with Gasteiger partial charge in [-0.2, -0.15) is 0 Å². The molecule has 1 aliphatic carbocycles. The molecule has 0 saturated heterocycles. The molecule has 4 heteroatoms. The molecule has 0 heterocycles. The van der Waals surface area contributed by atoms with Gasteiger partial charge in [0, 0.05) is 38.9 Å². The summed E-state index contributed by atoms with van der Waals surface area (Å²) in [6, 6.07) is 46.0. The van der Waals surface area contributed by atoms with Gasteiger partial charge in [0.1, 0.15) is 11.6 Å². The maximum Gasteiger partial charge on any atom is 0.125 e. The Kier molecular flexibility index (Phi) is 7.32. The van der Waals surface area contributed by atoms with Crippen LogP contribution in [-0.4, -0.2) is 0 Å². The van der Waals surface area contributed by atoms with E-state index in [4.69, 9.17) is 0 Å². The average Bonchev–Trinajstić information content (AvgIpc) is 3.14. The molecule has 0 atom stereocenters. The highest BCUT2D eigenvalue weighted by Gasteiger charge is 2.33. The van der Waals surface area contributed by atoms with Crippen molar-refractivity contribution in [2.45, 2.75) is 45.4 Å². The topological polar surface area (TPSA) is 6.48 Å². The van der Waals surface area contributed by atoms with Gasteiger partial charge < -0.3 is 9.80 Å². The van der Waals surface area contributed by atoms with Crippen LogP contribution in [0.15, 0.2) is 140 Å². The Hall–Kier alpha value is -5.74. The van der Waals surface area contributed by atoms with Crippen molar-refractivity contribution in [1.82, 2.24) is 0 Å². The van der Waals surface area contributed by atoms with Crippen molar-refractivity contribution >= 4 is 66.4 Å². The van der Waals surface area contributed by atoms with E-state index in [9.17, 15) is 8.78 Å². The lowest BCUT2D eigenvalue weighted by Gasteiger charge is -2.37. The quantitative estimate of drug-likeness (QED) is 0.156. The van der Waals surface area contributed by atoms with Crippen molar-refractivity contribution in [2.24, 2.45) is 0 Å². The zero-order valence-corrected chi connectivity index (χ0v) is 29.1. The standard InChI is InChI=1S/C47H38F2N2/c1-4-30-25-43(51(35-17-9-6-10-18-35)37-20-12-14-33(49)28-37)40-29-41-44-31(23-24-47(41,2)3)26-42(39-22-21-38(30)45(40)46(39)44)50(34-15-7-5-8-16-34)36-19-11-13-32(48)27-36/h5-22,25-29H,4,23-24H2,1-3H3. The van der Waals surface area contributed by atoms with E-state index in [1.807, 2.05) is 48.5 Å². The summed E-state index contributed by atoms with van der Waals surface area (Å²) in [6.45, 7) is 6.93. The third-order valence-corrected chi connectivity index (χ3v) is 10.9. The van der Waals surface area contributed by atoms with Crippen LogP contribution in [0.2, 0.25) is 0 Å². The van der Waals surface area contributed by atoms with E-state index in [1.54, 1.807) is 24.3 Å². The maximum absolute atomic E-state index is 15.0. The van der Waals surface area contributed by atoms with Crippen LogP contribution in [0.5, 0.6) is 0 Å². The number of halogens is 2. The van der Waals surface area contributed by atoms with Crippen LogP contribution in [0.25, 0.3) is 32.3 Å².